The van der Waals surface area contributed by atoms with E-state index in [1.54, 1.807) is 0 Å². The van der Waals surface area contributed by atoms with E-state index in [-0.39, 0.29) is 22.3 Å². The van der Waals surface area contributed by atoms with Crippen molar-refractivity contribution >= 4 is 23.5 Å². The van der Waals surface area contributed by atoms with Crippen LogP contribution in [0.3, 0.4) is 0 Å². The number of hydrogen-bond acceptors (Lipinski definition) is 6. The van der Waals surface area contributed by atoms with Crippen LogP contribution in [-0.2, 0) is 28.7 Å². The van der Waals surface area contributed by atoms with Gasteiger partial charge in [0.2, 0.25) is 11.6 Å². The third-order valence-corrected chi connectivity index (χ3v) is 3.26. The highest BCUT2D eigenvalue weighted by molar-refractivity contribution is 6.23. The van der Waals surface area contributed by atoms with Crippen molar-refractivity contribution in [3.63, 3.8) is 0 Å². The molecule has 0 aromatic heterocycles. The zero-order valence-electron chi connectivity index (χ0n) is 15.4. The molecule has 0 heterocycles. The van der Waals surface area contributed by atoms with Crippen LogP contribution in [0.1, 0.15) is 34.6 Å². The van der Waals surface area contributed by atoms with Gasteiger partial charge in [0, 0.05) is 11.1 Å². The van der Waals surface area contributed by atoms with Crippen LogP contribution in [0, 0.1) is 0 Å². The summed E-state index contributed by atoms with van der Waals surface area (Å²) < 4.78 is 10.4. The first kappa shape index (κ1) is 22.2. The SMILES string of the molecule is C=C(C)C(=O)OC(C)C(OC(=O)C(=C)C)(C(=O)C(=C)C)C(=O)C(=C)C. The van der Waals surface area contributed by atoms with Gasteiger partial charge in [-0.3, -0.25) is 9.59 Å². The van der Waals surface area contributed by atoms with Crippen LogP contribution in [-0.4, -0.2) is 35.2 Å². The molecule has 0 radical (unpaired) electrons. The maximum Gasteiger partial charge on any atom is 0.334 e. The Balaban J connectivity index is 6.44. The predicted molar refractivity (Wildman–Crippen MR) is 93.6 cm³/mol. The molecule has 1 atom stereocenters. The number of rotatable bonds is 9. The van der Waals surface area contributed by atoms with Gasteiger partial charge in [-0.15, -0.1) is 0 Å². The molecule has 0 aliphatic heterocycles. The zero-order chi connectivity index (χ0) is 20.1. The molecular formula is C19H24O6. The van der Waals surface area contributed by atoms with Gasteiger partial charge >= 0.3 is 11.9 Å². The summed E-state index contributed by atoms with van der Waals surface area (Å²) in [4.78, 5) is 49.5. The summed E-state index contributed by atoms with van der Waals surface area (Å²) >= 11 is 0. The molecule has 0 amide bonds. The minimum atomic E-state index is -2.43. The lowest BCUT2D eigenvalue weighted by molar-refractivity contribution is -0.185. The van der Waals surface area contributed by atoms with Crippen molar-refractivity contribution in [2.75, 3.05) is 0 Å². The lowest BCUT2D eigenvalue weighted by atomic mass is 9.82. The monoisotopic (exact) mass is 348 g/mol. The number of carbonyl (C=O) groups excluding carboxylic acids is 4. The standard InChI is InChI=1S/C19H24O6/c1-10(2)15(20)19(16(21)11(3)4,25-18(23)13(7)8)14(9)24-17(22)12(5)6/h14H,1,3,5,7H2,2,4,6,8-9H3. The Kier molecular flexibility index (Phi) is 7.45. The summed E-state index contributed by atoms with van der Waals surface area (Å²) in [6, 6.07) is 0. The minimum absolute atomic E-state index is 0.0353. The molecular weight excluding hydrogens is 324 g/mol. The highest BCUT2D eigenvalue weighted by Gasteiger charge is 2.56. The second kappa shape index (κ2) is 8.37. The largest absolute Gasteiger partial charge is 0.454 e. The number of ether oxygens (including phenoxy) is 2. The highest BCUT2D eigenvalue weighted by atomic mass is 16.6. The van der Waals surface area contributed by atoms with Crippen LogP contribution in [0.5, 0.6) is 0 Å². The summed E-state index contributed by atoms with van der Waals surface area (Å²) in [5.41, 5.74) is -2.52. The molecule has 0 N–H and O–H groups in total. The number of ketones is 2. The molecule has 0 fully saturated rings. The van der Waals surface area contributed by atoms with E-state index in [0.717, 1.165) is 0 Å². The van der Waals surface area contributed by atoms with E-state index in [4.69, 9.17) is 9.47 Å². The number of carbonyl (C=O) groups is 4. The summed E-state index contributed by atoms with van der Waals surface area (Å²) in [6.45, 7) is 20.6. The van der Waals surface area contributed by atoms with Crippen LogP contribution in [0.25, 0.3) is 0 Å². The molecule has 1 unspecified atom stereocenters. The molecule has 0 saturated heterocycles. The van der Waals surface area contributed by atoms with E-state index in [9.17, 15) is 19.2 Å². The Labute approximate surface area is 147 Å². The number of hydrogen-bond donors (Lipinski definition) is 0. The van der Waals surface area contributed by atoms with E-state index in [1.165, 1.54) is 34.6 Å². The molecule has 0 aromatic rings. The number of Topliss-reactive ketones (excluding diaryl/α,β-unsaturated/α-hetero) is 2. The van der Waals surface area contributed by atoms with E-state index < -0.39 is 35.2 Å². The maximum atomic E-state index is 12.8. The Morgan fingerprint density at radius 2 is 1.08 bits per heavy atom. The minimum Gasteiger partial charge on any atom is -0.454 e. The summed E-state index contributed by atoms with van der Waals surface area (Å²) in [6.07, 6.45) is -1.44. The average Bonchev–Trinajstić information content (AvgIpc) is 2.50. The van der Waals surface area contributed by atoms with Crippen LogP contribution in [0.4, 0.5) is 0 Å². The van der Waals surface area contributed by atoms with Gasteiger partial charge in [0.1, 0.15) is 0 Å². The van der Waals surface area contributed by atoms with Crippen molar-refractivity contribution < 1.29 is 28.7 Å². The zero-order valence-corrected chi connectivity index (χ0v) is 15.4. The van der Waals surface area contributed by atoms with Crippen molar-refractivity contribution in [1.82, 2.24) is 0 Å². The molecule has 0 spiro atoms. The molecule has 0 aromatic carbocycles. The fourth-order valence-electron chi connectivity index (χ4n) is 1.86. The van der Waals surface area contributed by atoms with Crippen molar-refractivity contribution in [1.29, 1.82) is 0 Å². The van der Waals surface area contributed by atoms with Crippen molar-refractivity contribution in [3.8, 4) is 0 Å². The second-order valence-electron chi connectivity index (χ2n) is 5.95. The van der Waals surface area contributed by atoms with Gasteiger partial charge in [-0.25, -0.2) is 9.59 Å². The van der Waals surface area contributed by atoms with E-state index in [2.05, 4.69) is 26.3 Å². The fourth-order valence-corrected chi connectivity index (χ4v) is 1.86. The fraction of sp³-hybridized carbons (Fsp3) is 0.368. The first-order chi connectivity index (χ1) is 11.3. The van der Waals surface area contributed by atoms with E-state index in [0.29, 0.717) is 0 Å². The van der Waals surface area contributed by atoms with Crippen LogP contribution >= 0.6 is 0 Å². The molecule has 0 bridgehead atoms. The number of esters is 2. The molecule has 0 rings (SSSR count). The normalized spacial score (nSPS) is 11.7. The van der Waals surface area contributed by atoms with Crippen LogP contribution in [0.15, 0.2) is 48.6 Å². The first-order valence-corrected chi connectivity index (χ1v) is 7.44. The third kappa shape index (κ3) is 4.86. The maximum absolute atomic E-state index is 12.8. The van der Waals surface area contributed by atoms with Crippen LogP contribution in [0.2, 0.25) is 0 Å². The topological polar surface area (TPSA) is 86.7 Å². The van der Waals surface area contributed by atoms with Gasteiger partial charge in [-0.05, 0) is 45.8 Å². The Morgan fingerprint density at radius 1 is 0.720 bits per heavy atom. The molecule has 136 valence electrons. The Hall–Kier alpha value is -2.76. The van der Waals surface area contributed by atoms with Crippen molar-refractivity contribution in [3.05, 3.63) is 48.6 Å². The van der Waals surface area contributed by atoms with Gasteiger partial charge in [-0.1, -0.05) is 26.3 Å². The summed E-state index contributed by atoms with van der Waals surface area (Å²) in [7, 11) is 0. The average molecular weight is 348 g/mol. The molecule has 6 heteroatoms. The molecule has 0 aliphatic carbocycles. The summed E-state index contributed by atoms with van der Waals surface area (Å²) in [5, 5.41) is 0. The smallest absolute Gasteiger partial charge is 0.334 e. The van der Waals surface area contributed by atoms with Crippen molar-refractivity contribution in [2.45, 2.75) is 46.3 Å². The Morgan fingerprint density at radius 3 is 1.36 bits per heavy atom. The summed E-state index contributed by atoms with van der Waals surface area (Å²) in [5.74, 6) is -3.61. The molecule has 25 heavy (non-hydrogen) atoms. The second-order valence-corrected chi connectivity index (χ2v) is 5.95. The predicted octanol–water partition coefficient (Wildman–Crippen LogP) is 2.64. The van der Waals surface area contributed by atoms with Gasteiger partial charge in [0.05, 0.1) is 0 Å². The highest BCUT2D eigenvalue weighted by Crippen LogP contribution is 2.29. The lowest BCUT2D eigenvalue weighted by Crippen LogP contribution is -2.59. The van der Waals surface area contributed by atoms with E-state index >= 15 is 0 Å². The lowest BCUT2D eigenvalue weighted by Gasteiger charge is -2.35. The third-order valence-electron chi connectivity index (χ3n) is 3.26. The van der Waals surface area contributed by atoms with E-state index in [1.807, 2.05) is 0 Å². The van der Waals surface area contributed by atoms with Crippen LogP contribution < -0.4 is 0 Å². The van der Waals surface area contributed by atoms with Crippen molar-refractivity contribution in [2.24, 2.45) is 0 Å². The molecule has 6 nitrogen and oxygen atoms in total. The van der Waals surface area contributed by atoms with Gasteiger partial charge in [0.15, 0.2) is 6.10 Å². The van der Waals surface area contributed by atoms with Gasteiger partial charge in [0.25, 0.3) is 5.60 Å². The first-order valence-electron chi connectivity index (χ1n) is 7.44. The Bertz CT molecular complexity index is 654. The van der Waals surface area contributed by atoms with Gasteiger partial charge < -0.3 is 9.47 Å². The molecule has 0 aliphatic rings. The quantitative estimate of drug-likeness (QED) is 0.362. The van der Waals surface area contributed by atoms with Gasteiger partial charge in [-0.2, -0.15) is 0 Å². The molecule has 0 saturated carbocycles.